The van der Waals surface area contributed by atoms with Crippen LogP contribution < -0.4 is 10.1 Å². The summed E-state index contributed by atoms with van der Waals surface area (Å²) >= 11 is 7.14. The van der Waals surface area contributed by atoms with Gasteiger partial charge in [0.1, 0.15) is 5.15 Å². The summed E-state index contributed by atoms with van der Waals surface area (Å²) < 4.78 is 5.55. The molecule has 14 heavy (non-hydrogen) atoms. The number of thiazole rings is 1. The Morgan fingerprint density at radius 3 is 3.29 bits per heavy atom. The quantitative estimate of drug-likeness (QED) is 0.868. The molecule has 78 valence electrons. The number of piperidine rings is 1. The van der Waals surface area contributed by atoms with E-state index in [9.17, 15) is 0 Å². The Balaban J connectivity index is 1.76. The van der Waals surface area contributed by atoms with Crippen LogP contribution in [0.1, 0.15) is 12.8 Å². The largest absolute Gasteiger partial charge is 0.470 e. The molecule has 1 aromatic heterocycles. The minimum absolute atomic E-state index is 0.520. The summed E-state index contributed by atoms with van der Waals surface area (Å²) in [7, 11) is 0. The normalized spacial score (nSPS) is 22.2. The second-order valence-electron chi connectivity index (χ2n) is 3.46. The summed E-state index contributed by atoms with van der Waals surface area (Å²) in [5.74, 6) is 0.617. The molecule has 0 radical (unpaired) electrons. The molecule has 0 saturated carbocycles. The third-order valence-electron chi connectivity index (χ3n) is 2.30. The Labute approximate surface area is 92.4 Å². The zero-order valence-electron chi connectivity index (χ0n) is 7.83. The highest BCUT2D eigenvalue weighted by molar-refractivity contribution is 7.11. The van der Waals surface area contributed by atoms with E-state index in [0.29, 0.717) is 16.3 Å². The van der Waals surface area contributed by atoms with Crippen molar-refractivity contribution in [3.8, 4) is 5.19 Å². The highest BCUT2D eigenvalue weighted by Gasteiger charge is 2.14. The monoisotopic (exact) mass is 232 g/mol. The van der Waals surface area contributed by atoms with Crippen LogP contribution in [0.25, 0.3) is 0 Å². The number of rotatable bonds is 3. The fourth-order valence-corrected chi connectivity index (χ4v) is 2.36. The molecule has 1 fully saturated rings. The van der Waals surface area contributed by atoms with E-state index in [2.05, 4.69) is 10.3 Å². The molecule has 0 bridgehead atoms. The van der Waals surface area contributed by atoms with Crippen LogP contribution in [-0.4, -0.2) is 24.7 Å². The van der Waals surface area contributed by atoms with E-state index < -0.39 is 0 Å². The Kier molecular flexibility index (Phi) is 3.61. The molecule has 3 nitrogen and oxygen atoms in total. The van der Waals surface area contributed by atoms with E-state index >= 15 is 0 Å². The minimum Gasteiger partial charge on any atom is -0.470 e. The molecule has 1 aliphatic heterocycles. The average Bonchev–Trinajstić information content (AvgIpc) is 2.63. The second kappa shape index (κ2) is 4.96. The van der Waals surface area contributed by atoms with Crippen LogP contribution in [0.3, 0.4) is 0 Å². The first-order chi connectivity index (χ1) is 6.84. The van der Waals surface area contributed by atoms with E-state index in [1.54, 1.807) is 5.38 Å². The van der Waals surface area contributed by atoms with Crippen LogP contribution in [-0.2, 0) is 0 Å². The number of halogens is 1. The fourth-order valence-electron chi connectivity index (χ4n) is 1.56. The first kappa shape index (κ1) is 10.2. The highest BCUT2D eigenvalue weighted by Crippen LogP contribution is 2.22. The molecule has 0 spiro atoms. The molecule has 1 saturated heterocycles. The smallest absolute Gasteiger partial charge is 0.274 e. The molecular weight excluding hydrogens is 220 g/mol. The van der Waals surface area contributed by atoms with Gasteiger partial charge in [-0.15, -0.1) is 0 Å². The van der Waals surface area contributed by atoms with Gasteiger partial charge in [0.05, 0.1) is 6.61 Å². The molecule has 1 aromatic rings. The van der Waals surface area contributed by atoms with Crippen molar-refractivity contribution in [3.05, 3.63) is 10.5 Å². The predicted molar refractivity (Wildman–Crippen MR) is 58.2 cm³/mol. The molecule has 2 heterocycles. The van der Waals surface area contributed by atoms with Crippen LogP contribution in [0.2, 0.25) is 5.15 Å². The first-order valence-electron chi connectivity index (χ1n) is 4.79. The molecule has 0 aliphatic carbocycles. The van der Waals surface area contributed by atoms with Gasteiger partial charge in [-0.3, -0.25) is 0 Å². The highest BCUT2D eigenvalue weighted by atomic mass is 35.5. The van der Waals surface area contributed by atoms with Crippen molar-refractivity contribution in [1.29, 1.82) is 0 Å². The SMILES string of the molecule is Clc1csc(OCC2CCCNC2)n1. The van der Waals surface area contributed by atoms with Crippen LogP contribution in [0.4, 0.5) is 0 Å². The number of nitrogens with one attached hydrogen (secondary N) is 1. The molecule has 1 unspecified atom stereocenters. The lowest BCUT2D eigenvalue weighted by Crippen LogP contribution is -2.33. The number of hydrogen-bond donors (Lipinski definition) is 1. The minimum atomic E-state index is 0.520. The van der Waals surface area contributed by atoms with Gasteiger partial charge in [0.25, 0.3) is 5.19 Å². The summed E-state index contributed by atoms with van der Waals surface area (Å²) in [5, 5.41) is 6.34. The molecule has 5 heteroatoms. The predicted octanol–water partition coefficient (Wildman–Crippen LogP) is 2.17. The van der Waals surface area contributed by atoms with Gasteiger partial charge in [0.15, 0.2) is 0 Å². The van der Waals surface area contributed by atoms with E-state index in [4.69, 9.17) is 16.3 Å². The third-order valence-corrected chi connectivity index (χ3v) is 3.37. The van der Waals surface area contributed by atoms with Crippen molar-refractivity contribution >= 4 is 22.9 Å². The van der Waals surface area contributed by atoms with Gasteiger partial charge in [-0.1, -0.05) is 22.9 Å². The fraction of sp³-hybridized carbons (Fsp3) is 0.667. The maximum atomic E-state index is 5.69. The van der Waals surface area contributed by atoms with Crippen molar-refractivity contribution < 1.29 is 4.74 Å². The molecule has 1 aliphatic rings. The van der Waals surface area contributed by atoms with E-state index in [1.165, 1.54) is 24.2 Å². The average molecular weight is 233 g/mol. The maximum Gasteiger partial charge on any atom is 0.274 e. The van der Waals surface area contributed by atoms with E-state index in [-0.39, 0.29) is 0 Å². The van der Waals surface area contributed by atoms with Gasteiger partial charge in [-0.2, -0.15) is 4.98 Å². The summed E-state index contributed by atoms with van der Waals surface area (Å²) in [5.41, 5.74) is 0. The molecule has 1 N–H and O–H groups in total. The van der Waals surface area contributed by atoms with Gasteiger partial charge in [-0.05, 0) is 19.4 Å². The van der Waals surface area contributed by atoms with Gasteiger partial charge in [-0.25, -0.2) is 0 Å². The van der Waals surface area contributed by atoms with Crippen LogP contribution >= 0.6 is 22.9 Å². The van der Waals surface area contributed by atoms with Crippen LogP contribution in [0, 0.1) is 5.92 Å². The summed E-state index contributed by atoms with van der Waals surface area (Å²) in [6.45, 7) is 2.94. The zero-order valence-corrected chi connectivity index (χ0v) is 9.40. The Morgan fingerprint density at radius 2 is 2.64 bits per heavy atom. The summed E-state index contributed by atoms with van der Waals surface area (Å²) in [6, 6.07) is 0. The topological polar surface area (TPSA) is 34.1 Å². The van der Waals surface area contributed by atoms with Crippen molar-refractivity contribution in [2.45, 2.75) is 12.8 Å². The number of aromatic nitrogens is 1. The number of hydrogen-bond acceptors (Lipinski definition) is 4. The lowest BCUT2D eigenvalue weighted by molar-refractivity contribution is 0.218. The maximum absolute atomic E-state index is 5.69. The van der Waals surface area contributed by atoms with Gasteiger partial charge >= 0.3 is 0 Å². The first-order valence-corrected chi connectivity index (χ1v) is 6.05. The Morgan fingerprint density at radius 1 is 1.71 bits per heavy atom. The molecular formula is C9H13ClN2OS. The molecule has 0 aromatic carbocycles. The van der Waals surface area contributed by atoms with Crippen molar-refractivity contribution in [2.24, 2.45) is 5.92 Å². The van der Waals surface area contributed by atoms with Gasteiger partial charge < -0.3 is 10.1 Å². The summed E-state index contributed by atoms with van der Waals surface area (Å²) in [6.07, 6.45) is 2.48. The van der Waals surface area contributed by atoms with Gasteiger partial charge in [0.2, 0.25) is 0 Å². The third kappa shape index (κ3) is 2.83. The molecule has 1 atom stereocenters. The lowest BCUT2D eigenvalue weighted by Gasteiger charge is -2.21. The second-order valence-corrected chi connectivity index (χ2v) is 4.67. The van der Waals surface area contributed by atoms with Gasteiger partial charge in [0, 0.05) is 17.8 Å². The van der Waals surface area contributed by atoms with Crippen molar-refractivity contribution in [2.75, 3.05) is 19.7 Å². The van der Waals surface area contributed by atoms with Crippen LogP contribution in [0.5, 0.6) is 5.19 Å². The van der Waals surface area contributed by atoms with E-state index in [0.717, 1.165) is 19.7 Å². The van der Waals surface area contributed by atoms with Crippen LogP contribution in [0.15, 0.2) is 5.38 Å². The standard InChI is InChI=1S/C9H13ClN2OS/c10-8-6-14-9(12-8)13-5-7-2-1-3-11-4-7/h6-7,11H,1-5H2. The summed E-state index contributed by atoms with van der Waals surface area (Å²) in [4.78, 5) is 4.04. The van der Waals surface area contributed by atoms with Crippen molar-refractivity contribution in [3.63, 3.8) is 0 Å². The van der Waals surface area contributed by atoms with Crippen molar-refractivity contribution in [1.82, 2.24) is 10.3 Å². The zero-order chi connectivity index (χ0) is 9.80. The molecule has 2 rings (SSSR count). The Bertz CT molecular complexity index is 286. The number of ether oxygens (including phenoxy) is 1. The van der Waals surface area contributed by atoms with E-state index in [1.807, 2.05) is 0 Å². The Hall–Kier alpha value is -0.320. The number of nitrogens with zero attached hydrogens (tertiary/aromatic N) is 1. The molecule has 0 amide bonds. The lowest BCUT2D eigenvalue weighted by atomic mass is 10.0.